The van der Waals surface area contributed by atoms with E-state index in [1.165, 1.54) is 6.42 Å². The fourth-order valence-corrected chi connectivity index (χ4v) is 4.45. The number of rotatable bonds is 2. The van der Waals surface area contributed by atoms with Crippen molar-refractivity contribution < 1.29 is 4.79 Å². The highest BCUT2D eigenvalue weighted by molar-refractivity contribution is 14.1. The molecule has 1 rings (SSSR count). The summed E-state index contributed by atoms with van der Waals surface area (Å²) in [5, 5.41) is 0. The van der Waals surface area contributed by atoms with E-state index in [-0.39, 0.29) is 5.78 Å². The molecule has 0 heterocycles. The highest BCUT2D eigenvalue weighted by Crippen LogP contribution is 2.35. The van der Waals surface area contributed by atoms with E-state index >= 15 is 0 Å². The molecule has 0 radical (unpaired) electrons. The molecule has 0 aliphatic heterocycles. The maximum Gasteiger partial charge on any atom is 0.161 e. The van der Waals surface area contributed by atoms with Crippen molar-refractivity contribution in [1.29, 1.82) is 0 Å². The Morgan fingerprint density at radius 2 is 1.53 bits per heavy atom. The largest absolute Gasteiger partial charge is 0.397 e. The van der Waals surface area contributed by atoms with Crippen molar-refractivity contribution in [2.45, 2.75) is 41.0 Å². The Balaban J connectivity index is 0.000000982. The quantitative estimate of drug-likeness (QED) is 0.345. The van der Waals surface area contributed by atoms with Gasteiger partial charge in [-0.15, -0.1) is 0 Å². The first-order valence-electron chi connectivity index (χ1n) is 6.14. The molecule has 0 atom stereocenters. The van der Waals surface area contributed by atoms with Crippen molar-refractivity contribution >= 4 is 62.2 Å². The van der Waals surface area contributed by atoms with Crippen LogP contribution < -0.4 is 5.73 Å². The van der Waals surface area contributed by atoms with E-state index in [1.54, 1.807) is 6.92 Å². The van der Waals surface area contributed by atoms with Crippen molar-refractivity contribution in [3.05, 3.63) is 30.4 Å². The second kappa shape index (κ2) is 8.24. The highest BCUT2D eigenvalue weighted by Gasteiger charge is 2.19. The van der Waals surface area contributed by atoms with Gasteiger partial charge < -0.3 is 5.73 Å². The number of carbonyl (C=O) groups excluding carboxylic acids is 1. The van der Waals surface area contributed by atoms with Gasteiger partial charge in [0, 0.05) is 12.7 Å². The van der Waals surface area contributed by atoms with Crippen LogP contribution >= 0.6 is 45.2 Å². The van der Waals surface area contributed by atoms with Crippen LogP contribution in [0.3, 0.4) is 0 Å². The first-order chi connectivity index (χ1) is 8.70. The molecule has 1 aromatic rings. The summed E-state index contributed by atoms with van der Waals surface area (Å²) in [5.74, 6) is 0.0486. The lowest BCUT2D eigenvalue weighted by atomic mass is 9.95. The zero-order chi connectivity index (χ0) is 15.3. The Morgan fingerprint density at radius 1 is 1.16 bits per heavy atom. The summed E-state index contributed by atoms with van der Waals surface area (Å²) in [7, 11) is 0. The zero-order valence-corrected chi connectivity index (χ0v) is 16.5. The Bertz CT molecular complexity index is 466. The SMILES string of the molecule is C=C(C)c1c(C)c(C(C)=O)c(I)c(N)c1I.CCC. The van der Waals surface area contributed by atoms with Crippen LogP contribution in [0.4, 0.5) is 5.69 Å². The number of Topliss-reactive ketones (excluding diaryl/α,β-unsaturated/α-hetero) is 1. The van der Waals surface area contributed by atoms with Gasteiger partial charge in [-0.1, -0.05) is 26.8 Å². The van der Waals surface area contributed by atoms with Gasteiger partial charge in [-0.2, -0.15) is 0 Å². The van der Waals surface area contributed by atoms with Crippen LogP contribution in [-0.4, -0.2) is 5.78 Å². The van der Waals surface area contributed by atoms with Crippen molar-refractivity contribution in [1.82, 2.24) is 0 Å². The van der Waals surface area contributed by atoms with Crippen LogP contribution in [0.2, 0.25) is 0 Å². The van der Waals surface area contributed by atoms with Crippen LogP contribution in [-0.2, 0) is 0 Å². The molecule has 19 heavy (non-hydrogen) atoms. The molecule has 0 aromatic heterocycles. The maximum atomic E-state index is 11.6. The van der Waals surface area contributed by atoms with Crippen LogP contribution in [0, 0.1) is 14.1 Å². The minimum Gasteiger partial charge on any atom is -0.397 e. The number of ketones is 1. The van der Waals surface area contributed by atoms with E-state index in [2.05, 4.69) is 65.6 Å². The van der Waals surface area contributed by atoms with Crippen molar-refractivity contribution in [2.24, 2.45) is 0 Å². The van der Waals surface area contributed by atoms with E-state index in [0.29, 0.717) is 5.69 Å². The van der Waals surface area contributed by atoms with Gasteiger partial charge in [-0.25, -0.2) is 0 Å². The molecule has 1 aromatic carbocycles. The third-order valence-corrected chi connectivity index (χ3v) is 4.68. The smallest absolute Gasteiger partial charge is 0.161 e. The molecule has 0 saturated carbocycles. The molecule has 0 aliphatic carbocycles. The summed E-state index contributed by atoms with van der Waals surface area (Å²) in [4.78, 5) is 11.6. The minimum atomic E-state index is 0.0486. The lowest BCUT2D eigenvalue weighted by Crippen LogP contribution is -2.09. The number of hydrogen-bond acceptors (Lipinski definition) is 2. The van der Waals surface area contributed by atoms with Crippen molar-refractivity contribution in [3.8, 4) is 0 Å². The number of nitrogens with two attached hydrogens (primary N) is 1. The van der Waals surface area contributed by atoms with Crippen LogP contribution in [0.15, 0.2) is 6.58 Å². The third-order valence-electron chi connectivity index (χ3n) is 2.44. The molecule has 0 spiro atoms. The summed E-state index contributed by atoms with van der Waals surface area (Å²) in [6.45, 7) is 13.6. The van der Waals surface area contributed by atoms with Gasteiger partial charge in [0.25, 0.3) is 0 Å². The van der Waals surface area contributed by atoms with E-state index in [4.69, 9.17) is 5.73 Å². The van der Waals surface area contributed by atoms with Gasteiger partial charge in [0.1, 0.15) is 0 Å². The van der Waals surface area contributed by atoms with Crippen molar-refractivity contribution in [3.63, 3.8) is 0 Å². The highest BCUT2D eigenvalue weighted by atomic mass is 127. The van der Waals surface area contributed by atoms with Gasteiger partial charge in [0.2, 0.25) is 0 Å². The first kappa shape index (κ1) is 18.9. The number of halogens is 2. The molecule has 0 fully saturated rings. The number of allylic oxidation sites excluding steroid dienone is 1. The van der Waals surface area contributed by atoms with Crippen molar-refractivity contribution in [2.75, 3.05) is 5.73 Å². The Hall–Kier alpha value is -0.110. The molecule has 0 amide bonds. The summed E-state index contributed by atoms with van der Waals surface area (Å²) >= 11 is 4.34. The lowest BCUT2D eigenvalue weighted by molar-refractivity contribution is 0.101. The minimum absolute atomic E-state index is 0.0486. The Morgan fingerprint density at radius 3 is 1.84 bits per heavy atom. The van der Waals surface area contributed by atoms with Crippen LogP contribution in [0.25, 0.3) is 5.57 Å². The fraction of sp³-hybridized carbons (Fsp3) is 0.400. The van der Waals surface area contributed by atoms with E-state index < -0.39 is 0 Å². The molecular formula is C15H21I2NO. The Labute approximate surface area is 143 Å². The molecule has 2 N–H and O–H groups in total. The van der Waals surface area contributed by atoms with Crippen LogP contribution in [0.5, 0.6) is 0 Å². The number of carbonyl (C=O) groups is 1. The average Bonchev–Trinajstić information content (AvgIpc) is 2.26. The number of benzene rings is 1. The number of hydrogen-bond donors (Lipinski definition) is 1. The molecule has 106 valence electrons. The van der Waals surface area contributed by atoms with E-state index in [9.17, 15) is 4.79 Å². The number of nitrogen functional groups attached to an aromatic ring is 1. The predicted octanol–water partition coefficient (Wildman–Crippen LogP) is 5.44. The van der Waals surface area contributed by atoms with Gasteiger partial charge >= 0.3 is 0 Å². The molecule has 0 unspecified atom stereocenters. The molecule has 2 nitrogen and oxygen atoms in total. The summed E-state index contributed by atoms with van der Waals surface area (Å²) in [5.41, 5.74) is 10.3. The van der Waals surface area contributed by atoms with Gasteiger partial charge in [-0.05, 0) is 82.7 Å². The third kappa shape index (κ3) is 4.44. The topological polar surface area (TPSA) is 43.1 Å². The van der Waals surface area contributed by atoms with Gasteiger partial charge in [0.05, 0.1) is 5.69 Å². The normalized spacial score (nSPS) is 9.63. The standard InChI is InChI=1S/C12H13I2NO.C3H8/c1-5(2)8-6(3)9(7(4)16)11(14)12(15)10(8)13;1-3-2/h1,15H2,2-4H3;3H2,1-2H3. The first-order valence-corrected chi connectivity index (χ1v) is 8.30. The predicted molar refractivity (Wildman–Crippen MR) is 102 cm³/mol. The van der Waals surface area contributed by atoms with E-state index in [0.717, 1.165) is 29.4 Å². The maximum absolute atomic E-state index is 11.6. The Kier molecular flexibility index (Phi) is 8.19. The van der Waals surface area contributed by atoms with Gasteiger partial charge in [0.15, 0.2) is 5.78 Å². The molecule has 4 heteroatoms. The number of anilines is 1. The summed E-state index contributed by atoms with van der Waals surface area (Å²) in [6.07, 6.45) is 1.25. The summed E-state index contributed by atoms with van der Waals surface area (Å²) in [6, 6.07) is 0. The zero-order valence-electron chi connectivity index (χ0n) is 12.2. The summed E-state index contributed by atoms with van der Waals surface area (Å²) < 4.78 is 1.83. The molecule has 0 bridgehead atoms. The second-order valence-corrected chi connectivity index (χ2v) is 6.62. The fourth-order valence-electron chi connectivity index (χ4n) is 1.75. The van der Waals surface area contributed by atoms with E-state index in [1.807, 2.05) is 13.8 Å². The van der Waals surface area contributed by atoms with Crippen LogP contribution in [0.1, 0.15) is 55.6 Å². The average molecular weight is 485 g/mol. The molecule has 0 saturated heterocycles. The monoisotopic (exact) mass is 485 g/mol. The molecule has 0 aliphatic rings. The van der Waals surface area contributed by atoms with Gasteiger partial charge in [-0.3, -0.25) is 4.79 Å². The molecular weight excluding hydrogens is 464 g/mol. The second-order valence-electron chi connectivity index (χ2n) is 4.46. The lowest BCUT2D eigenvalue weighted by Gasteiger charge is -2.16.